The van der Waals surface area contributed by atoms with Gasteiger partial charge in [-0.2, -0.15) is 0 Å². The minimum absolute atomic E-state index is 0.0453. The van der Waals surface area contributed by atoms with Gasteiger partial charge in [0.1, 0.15) is 24.4 Å². The summed E-state index contributed by atoms with van der Waals surface area (Å²) >= 11 is 0. The number of aliphatic carboxylic acids is 4. The molecule has 4 aliphatic heterocycles. The fraction of sp³-hybridized carbons (Fsp3) is 0.586. The van der Waals surface area contributed by atoms with E-state index in [9.17, 15) is 97.1 Å². The van der Waals surface area contributed by atoms with Gasteiger partial charge in [-0.15, -0.1) is 0 Å². The number of rotatable bonds is 20. The van der Waals surface area contributed by atoms with E-state index in [2.05, 4.69) is 40.5 Å². The van der Waals surface area contributed by atoms with Gasteiger partial charge in [-0.1, -0.05) is 26.3 Å². The first kappa shape index (κ1) is 64.9. The molecular weight excluding hydrogens is 1210 g/mol. The molecule has 12 fully saturated rings. The van der Waals surface area contributed by atoms with Crippen LogP contribution in [0.25, 0.3) is 0 Å². The van der Waals surface area contributed by atoms with Gasteiger partial charge in [0.15, 0.2) is 37.3 Å². The van der Waals surface area contributed by atoms with Crippen molar-refractivity contribution >= 4 is 95.5 Å². The molecule has 8 saturated carbocycles. The van der Waals surface area contributed by atoms with Gasteiger partial charge in [0.2, 0.25) is 0 Å². The minimum Gasteiger partial charge on any atom is -0.481 e. The van der Waals surface area contributed by atoms with Crippen LogP contribution in [-0.4, -0.2) is 178 Å². The number of fused-ring (bicyclic) bond motifs is 4. The molecule has 4 heterocycles. The fourth-order valence-corrected chi connectivity index (χ4v) is 15.7. The van der Waals surface area contributed by atoms with Gasteiger partial charge in [0.25, 0.3) is 11.6 Å². The van der Waals surface area contributed by atoms with Crippen molar-refractivity contribution in [3.05, 3.63) is 49.6 Å². The van der Waals surface area contributed by atoms with Crippen LogP contribution in [-0.2, 0) is 134 Å². The Labute approximate surface area is 507 Å². The van der Waals surface area contributed by atoms with E-state index < -0.39 is 216 Å². The second kappa shape index (κ2) is 24.1. The number of carbonyl (C=O) groups excluding carboxylic acids is 12. The summed E-state index contributed by atoms with van der Waals surface area (Å²) in [5.74, 6) is -22.9. The van der Waals surface area contributed by atoms with E-state index in [4.69, 9.17) is 42.6 Å². The lowest BCUT2D eigenvalue weighted by Crippen LogP contribution is -2.46. The van der Waals surface area contributed by atoms with Crippen LogP contribution >= 0.6 is 0 Å². The second-order valence-electron chi connectivity index (χ2n) is 24.0. The Kier molecular flexibility index (Phi) is 17.4. The highest BCUT2D eigenvalue weighted by atomic mass is 16.8. The summed E-state index contributed by atoms with van der Waals surface area (Å²) in [6, 6.07) is 0. The summed E-state index contributed by atoms with van der Waals surface area (Å²) in [5.41, 5.74) is -2.97. The molecule has 0 aromatic rings. The molecule has 12 aliphatic rings. The third kappa shape index (κ3) is 11.1. The maximum Gasteiger partial charge on any atom is 0.347 e. The summed E-state index contributed by atoms with van der Waals surface area (Å²) in [7, 11) is 0. The topological polar surface area (TPSA) is 465 Å². The van der Waals surface area contributed by atoms with E-state index in [0.29, 0.717) is 25.7 Å². The molecule has 4 N–H and O–H groups in total. The first-order valence-corrected chi connectivity index (χ1v) is 28.2. The van der Waals surface area contributed by atoms with Gasteiger partial charge in [-0.05, 0) is 64.2 Å². The lowest BCUT2D eigenvalue weighted by molar-refractivity contribution is -0.227. The second-order valence-corrected chi connectivity index (χ2v) is 24.0. The summed E-state index contributed by atoms with van der Waals surface area (Å²) in [6.07, 6.45) is 1.82. The van der Waals surface area contributed by atoms with Crippen LogP contribution in [0.2, 0.25) is 0 Å². The zero-order valence-corrected chi connectivity index (χ0v) is 47.9. The molecule has 484 valence electrons. The van der Waals surface area contributed by atoms with Crippen molar-refractivity contribution in [3.8, 4) is 0 Å². The average Bonchev–Trinajstić information content (AvgIpc) is 1.54. The molecule has 32 heteroatoms. The van der Waals surface area contributed by atoms with Crippen molar-refractivity contribution in [1.29, 1.82) is 0 Å². The molecule has 90 heavy (non-hydrogen) atoms. The zero-order valence-electron chi connectivity index (χ0n) is 47.9. The van der Waals surface area contributed by atoms with Crippen LogP contribution in [0.1, 0.15) is 65.2 Å². The van der Waals surface area contributed by atoms with Crippen molar-refractivity contribution in [2.45, 2.75) is 101 Å². The lowest BCUT2D eigenvalue weighted by Gasteiger charge is -2.32. The first-order chi connectivity index (χ1) is 42.3. The molecule has 32 nitrogen and oxygen atoms in total. The van der Waals surface area contributed by atoms with Crippen molar-refractivity contribution in [1.82, 2.24) is 0 Å². The molecule has 20 unspecified atom stereocenters. The quantitative estimate of drug-likeness (QED) is 0.0533. The third-order valence-corrected chi connectivity index (χ3v) is 18.9. The molecule has 20 atom stereocenters. The molecule has 8 bridgehead atoms. The maximum atomic E-state index is 12.1. The monoisotopic (exact) mass is 1270 g/mol. The van der Waals surface area contributed by atoms with Gasteiger partial charge in [0, 0.05) is 59.8 Å². The fourth-order valence-electron chi connectivity index (χ4n) is 15.7. The van der Waals surface area contributed by atoms with Gasteiger partial charge in [-0.3, -0.25) is 38.4 Å². The Bertz CT molecular complexity index is 3250. The van der Waals surface area contributed by atoms with E-state index in [1.54, 1.807) is 0 Å². The number of ether oxygens (including phenoxy) is 12. The predicted octanol–water partition coefficient (Wildman–Crippen LogP) is -0.155. The highest BCUT2D eigenvalue weighted by Crippen LogP contribution is 2.69. The van der Waals surface area contributed by atoms with Crippen molar-refractivity contribution < 1.29 is 154 Å². The van der Waals surface area contributed by atoms with E-state index >= 15 is 0 Å². The molecule has 8 aliphatic carbocycles. The van der Waals surface area contributed by atoms with Gasteiger partial charge in [-0.25, -0.2) is 38.4 Å². The first-order valence-electron chi connectivity index (χ1n) is 28.2. The van der Waals surface area contributed by atoms with Crippen molar-refractivity contribution in [3.63, 3.8) is 0 Å². The molecule has 12 rings (SSSR count). The molecule has 0 spiro atoms. The number of carboxylic acids is 4. The summed E-state index contributed by atoms with van der Waals surface area (Å²) in [5, 5.41) is 37.5. The molecule has 4 saturated heterocycles. The van der Waals surface area contributed by atoms with Crippen LogP contribution in [0.4, 0.5) is 0 Å². The molecular formula is C58H60O32. The number of carbonyl (C=O) groups is 16. The normalized spacial score (nSPS) is 37.0. The Balaban J connectivity index is 0.000000142. The number of carboxylic acid groups (broad SMARTS) is 4. The van der Waals surface area contributed by atoms with E-state index in [1.807, 2.05) is 0 Å². The SMILES string of the molecule is C=C(C)C(=O)OCC(=O)OC12CC3CC1C(C(=O)O)(C3)C(=O)O2.C=C(C)C(=O)OCC(=O)OC1C2CC3C1OC(=O)C3C2C(=O)O.C=CC(=O)OCC(=O)OC12CC3CC1C(C(=O)O)(C3)C(=O)O2.C=CC(=O)OCC(=O)OC1C2CC3C1OC(=O)C3C2C(=O)O. The largest absolute Gasteiger partial charge is 0.481 e. The zero-order chi connectivity index (χ0) is 66.0. The van der Waals surface area contributed by atoms with E-state index in [1.165, 1.54) is 13.8 Å². The van der Waals surface area contributed by atoms with Crippen LogP contribution in [0.3, 0.4) is 0 Å². The molecule has 0 aromatic heterocycles. The standard InChI is InChI=1S/2C15H16O8.2C14H14O8/c1-7(2)11(17)21-6-10(16)22-15-5-8-3-9(15)14(4-8,12(18)19)13(20)23-15;1-5(2)14(19)21-4-8(16)22-11-6-3-7-10(9(6)13(17)18)15(20)23-12(7)11;1-2-9(15)20-6-10(16)21-14-5-7-3-8(14)13(4-7,11(17)18)12(19)22-14;1-2-7(15)20-4-8(16)21-11-5-3-6-10(9(5)13(17)18)14(19)22-12(6)11/h8-9H,1,3-6H2,2H3,(H,18,19);6-7,9-12H,1,3-4H2,2H3,(H,17,18);2,7-8H,1,3-6H2,(H,17,18);2,5-6,9-12H,1,3-4H2,(H,17,18). The Morgan fingerprint density at radius 3 is 1.17 bits per heavy atom. The predicted molar refractivity (Wildman–Crippen MR) is 277 cm³/mol. The minimum atomic E-state index is -1.63. The highest BCUT2D eigenvalue weighted by molar-refractivity contribution is 6.03. The average molecular weight is 1270 g/mol. The highest BCUT2D eigenvalue weighted by Gasteiger charge is 2.81. The van der Waals surface area contributed by atoms with Crippen molar-refractivity contribution in [2.75, 3.05) is 26.4 Å². The lowest BCUT2D eigenvalue weighted by atomic mass is 9.73. The van der Waals surface area contributed by atoms with Crippen LogP contribution in [0.5, 0.6) is 0 Å². The number of esters is 12. The Morgan fingerprint density at radius 1 is 0.500 bits per heavy atom. The molecule has 0 amide bonds. The Morgan fingerprint density at radius 2 is 0.844 bits per heavy atom. The smallest absolute Gasteiger partial charge is 0.347 e. The maximum absolute atomic E-state index is 12.1. The summed E-state index contributed by atoms with van der Waals surface area (Å²) < 4.78 is 60.2. The Hall–Kier alpha value is -9.52. The van der Waals surface area contributed by atoms with Gasteiger partial charge >= 0.3 is 95.5 Å². The van der Waals surface area contributed by atoms with E-state index in [-0.39, 0.29) is 60.5 Å². The van der Waals surface area contributed by atoms with Gasteiger partial charge < -0.3 is 77.3 Å². The van der Waals surface area contributed by atoms with Crippen LogP contribution in [0, 0.1) is 81.8 Å². The van der Waals surface area contributed by atoms with E-state index in [0.717, 1.165) is 12.2 Å². The van der Waals surface area contributed by atoms with Crippen molar-refractivity contribution in [2.24, 2.45) is 81.8 Å². The van der Waals surface area contributed by atoms with Crippen LogP contribution < -0.4 is 0 Å². The summed E-state index contributed by atoms with van der Waals surface area (Å²) in [4.78, 5) is 185. The third-order valence-electron chi connectivity index (χ3n) is 18.9. The van der Waals surface area contributed by atoms with Crippen LogP contribution in [0.15, 0.2) is 49.6 Å². The summed E-state index contributed by atoms with van der Waals surface area (Å²) in [6.45, 7) is 13.5. The molecule has 0 radical (unpaired) electrons. The van der Waals surface area contributed by atoms with Gasteiger partial charge in [0.05, 0.1) is 35.5 Å². The molecule has 0 aromatic carbocycles. The number of hydrogen-bond donors (Lipinski definition) is 4. The number of hydrogen-bond acceptors (Lipinski definition) is 28.